The lowest BCUT2D eigenvalue weighted by atomic mass is 9.85. The van der Waals surface area contributed by atoms with Crippen molar-refractivity contribution in [3.63, 3.8) is 0 Å². The highest BCUT2D eigenvalue weighted by Crippen LogP contribution is 2.24. The predicted molar refractivity (Wildman–Crippen MR) is 152 cm³/mol. The molecule has 0 aromatic heterocycles. The molecule has 6 heteroatoms. The average Bonchev–Trinajstić information content (AvgIpc) is 2.84. The zero-order valence-corrected chi connectivity index (χ0v) is 24.2. The van der Waals surface area contributed by atoms with Gasteiger partial charge in [-0.1, -0.05) is 88.4 Å². The lowest BCUT2D eigenvalue weighted by Gasteiger charge is -2.33. The molecule has 0 fully saturated rings. The van der Waals surface area contributed by atoms with E-state index in [2.05, 4.69) is 22.8 Å². The Balaban J connectivity index is 2.17. The highest BCUT2D eigenvalue weighted by Gasteiger charge is 2.36. The van der Waals surface area contributed by atoms with Gasteiger partial charge in [-0.25, -0.2) is 0 Å². The maximum Gasteiger partial charge on any atom is 0.307 e. The standard InChI is InChI=1S/C32H46N2O4/c1-8-26(24-19-13-10-14-20-24)33-30(37)28(31(2,3)4)34-29(36)25(22-27(35)38-32(5,6)7)21-15-18-23-16-11-9-12-17-23/h9-14,16-17,19-20,25-26,28H,8,15,18,21-22H2,1-7H3,(H,33,37)(H,34,36)/t25-,26-,28-/m1/s1. The Bertz CT molecular complexity index is 1020. The van der Waals surface area contributed by atoms with Crippen LogP contribution in [0.3, 0.4) is 0 Å². The number of benzene rings is 2. The summed E-state index contributed by atoms with van der Waals surface area (Å²) in [6.45, 7) is 13.2. The molecule has 0 radical (unpaired) electrons. The average molecular weight is 523 g/mol. The third-order valence-electron chi connectivity index (χ3n) is 6.41. The van der Waals surface area contributed by atoms with Crippen LogP contribution in [0.25, 0.3) is 0 Å². The molecule has 0 unspecified atom stereocenters. The highest BCUT2D eigenvalue weighted by molar-refractivity contribution is 5.90. The van der Waals surface area contributed by atoms with E-state index in [-0.39, 0.29) is 24.3 Å². The van der Waals surface area contributed by atoms with Crippen LogP contribution in [-0.2, 0) is 25.5 Å². The third kappa shape index (κ3) is 10.7. The van der Waals surface area contributed by atoms with Gasteiger partial charge in [0.15, 0.2) is 0 Å². The van der Waals surface area contributed by atoms with Crippen molar-refractivity contribution in [2.75, 3.05) is 0 Å². The summed E-state index contributed by atoms with van der Waals surface area (Å²) in [4.78, 5) is 39.7. The Morgan fingerprint density at radius 3 is 1.92 bits per heavy atom. The van der Waals surface area contributed by atoms with Crippen molar-refractivity contribution in [1.29, 1.82) is 0 Å². The van der Waals surface area contributed by atoms with E-state index in [9.17, 15) is 14.4 Å². The SMILES string of the molecule is CC[C@@H](NC(=O)[C@@H](NC(=O)[C@H](CCCc1ccccc1)CC(=O)OC(C)(C)C)C(C)(C)C)c1ccccc1. The van der Waals surface area contributed by atoms with E-state index in [0.29, 0.717) is 6.42 Å². The fourth-order valence-corrected chi connectivity index (χ4v) is 4.40. The van der Waals surface area contributed by atoms with Gasteiger partial charge in [-0.2, -0.15) is 0 Å². The minimum Gasteiger partial charge on any atom is -0.460 e. The van der Waals surface area contributed by atoms with Crippen LogP contribution in [0.4, 0.5) is 0 Å². The molecule has 2 N–H and O–H groups in total. The molecule has 2 amide bonds. The van der Waals surface area contributed by atoms with E-state index < -0.39 is 28.9 Å². The number of hydrogen-bond donors (Lipinski definition) is 2. The van der Waals surface area contributed by atoms with E-state index in [1.807, 2.05) is 97.0 Å². The molecule has 6 nitrogen and oxygen atoms in total. The molecule has 2 aromatic rings. The van der Waals surface area contributed by atoms with Crippen molar-refractivity contribution in [3.8, 4) is 0 Å². The Labute approximate surface area is 228 Å². The number of rotatable bonds is 12. The van der Waals surface area contributed by atoms with Crippen LogP contribution in [-0.4, -0.2) is 29.4 Å². The first kappa shape index (κ1) is 31.1. The minimum atomic E-state index is -0.761. The van der Waals surface area contributed by atoms with Gasteiger partial charge < -0.3 is 15.4 Å². The van der Waals surface area contributed by atoms with E-state index >= 15 is 0 Å². The van der Waals surface area contributed by atoms with Crippen molar-refractivity contribution in [1.82, 2.24) is 10.6 Å². The smallest absolute Gasteiger partial charge is 0.307 e. The van der Waals surface area contributed by atoms with Gasteiger partial charge in [-0.15, -0.1) is 0 Å². The lowest BCUT2D eigenvalue weighted by molar-refractivity contribution is -0.157. The number of amides is 2. The van der Waals surface area contributed by atoms with Gasteiger partial charge in [0, 0.05) is 5.92 Å². The normalized spacial score (nSPS) is 14.2. The van der Waals surface area contributed by atoms with E-state index in [1.165, 1.54) is 5.56 Å². The Morgan fingerprint density at radius 1 is 0.816 bits per heavy atom. The summed E-state index contributed by atoms with van der Waals surface area (Å²) in [6, 6.07) is 19.0. The second-order valence-electron chi connectivity index (χ2n) is 12.1. The largest absolute Gasteiger partial charge is 0.460 e. The second-order valence-corrected chi connectivity index (χ2v) is 12.1. The van der Waals surface area contributed by atoms with E-state index in [0.717, 1.165) is 24.8 Å². The van der Waals surface area contributed by atoms with Crippen LogP contribution in [0.1, 0.15) is 91.3 Å². The predicted octanol–water partition coefficient (Wildman–Crippen LogP) is 6.16. The molecule has 208 valence electrons. The van der Waals surface area contributed by atoms with Crippen LogP contribution < -0.4 is 10.6 Å². The monoisotopic (exact) mass is 522 g/mol. The summed E-state index contributed by atoms with van der Waals surface area (Å²) in [5.41, 5.74) is 1.03. The Kier molecular flexibility index (Phi) is 11.6. The quantitative estimate of drug-likeness (QED) is 0.327. The maximum atomic E-state index is 13.6. The molecular weight excluding hydrogens is 476 g/mol. The molecule has 0 saturated heterocycles. The van der Waals surface area contributed by atoms with Crippen molar-refractivity contribution in [3.05, 3.63) is 71.8 Å². The highest BCUT2D eigenvalue weighted by atomic mass is 16.6. The molecule has 0 saturated carbocycles. The third-order valence-corrected chi connectivity index (χ3v) is 6.41. The van der Waals surface area contributed by atoms with Gasteiger partial charge >= 0.3 is 5.97 Å². The van der Waals surface area contributed by atoms with Crippen LogP contribution in [0.15, 0.2) is 60.7 Å². The first-order valence-electron chi connectivity index (χ1n) is 13.7. The van der Waals surface area contributed by atoms with Gasteiger partial charge in [0.1, 0.15) is 11.6 Å². The van der Waals surface area contributed by atoms with Crippen molar-refractivity contribution in [2.45, 2.75) is 98.3 Å². The molecule has 0 aliphatic carbocycles. The van der Waals surface area contributed by atoms with Gasteiger partial charge in [-0.3, -0.25) is 14.4 Å². The zero-order valence-electron chi connectivity index (χ0n) is 24.2. The second kappa shape index (κ2) is 14.1. The number of carbonyl (C=O) groups is 3. The number of nitrogens with one attached hydrogen (secondary N) is 2. The summed E-state index contributed by atoms with van der Waals surface area (Å²) in [7, 11) is 0. The van der Waals surface area contributed by atoms with Crippen LogP contribution >= 0.6 is 0 Å². The fraction of sp³-hybridized carbons (Fsp3) is 0.531. The molecule has 2 rings (SSSR count). The number of hydrogen-bond acceptors (Lipinski definition) is 4. The van der Waals surface area contributed by atoms with Crippen LogP contribution in [0.2, 0.25) is 0 Å². The molecule has 0 aliphatic heterocycles. The van der Waals surface area contributed by atoms with Gasteiger partial charge in [-0.05, 0) is 63.0 Å². The molecular formula is C32H46N2O4. The van der Waals surface area contributed by atoms with Crippen molar-refractivity contribution in [2.24, 2.45) is 11.3 Å². The number of aryl methyl sites for hydroxylation is 1. The minimum absolute atomic E-state index is 0.0298. The fourth-order valence-electron chi connectivity index (χ4n) is 4.40. The molecule has 3 atom stereocenters. The Morgan fingerprint density at radius 2 is 1.39 bits per heavy atom. The topological polar surface area (TPSA) is 84.5 Å². The molecule has 2 aromatic carbocycles. The Hall–Kier alpha value is -3.15. The molecule has 0 bridgehead atoms. The number of ether oxygens (including phenoxy) is 1. The molecule has 0 aliphatic rings. The summed E-state index contributed by atoms with van der Waals surface area (Å²) in [5.74, 6) is -1.54. The van der Waals surface area contributed by atoms with Crippen LogP contribution in [0, 0.1) is 11.3 Å². The van der Waals surface area contributed by atoms with Crippen molar-refractivity contribution < 1.29 is 19.1 Å². The molecule has 38 heavy (non-hydrogen) atoms. The lowest BCUT2D eigenvalue weighted by Crippen LogP contribution is -2.55. The van der Waals surface area contributed by atoms with Gasteiger partial charge in [0.2, 0.25) is 11.8 Å². The number of carbonyl (C=O) groups excluding carboxylic acids is 3. The number of esters is 1. The molecule has 0 heterocycles. The maximum absolute atomic E-state index is 13.6. The van der Waals surface area contributed by atoms with Gasteiger partial charge in [0.25, 0.3) is 0 Å². The van der Waals surface area contributed by atoms with Crippen molar-refractivity contribution >= 4 is 17.8 Å². The first-order chi connectivity index (χ1) is 17.8. The van der Waals surface area contributed by atoms with Gasteiger partial charge in [0.05, 0.1) is 12.5 Å². The van der Waals surface area contributed by atoms with Crippen LogP contribution in [0.5, 0.6) is 0 Å². The molecule has 0 spiro atoms. The van der Waals surface area contributed by atoms with E-state index in [4.69, 9.17) is 4.74 Å². The summed E-state index contributed by atoms with van der Waals surface area (Å²) in [5, 5.41) is 6.12. The zero-order chi connectivity index (χ0) is 28.3. The summed E-state index contributed by atoms with van der Waals surface area (Å²) < 4.78 is 5.52. The summed E-state index contributed by atoms with van der Waals surface area (Å²) in [6.07, 6.45) is 2.75. The van der Waals surface area contributed by atoms with E-state index in [1.54, 1.807) is 0 Å². The summed E-state index contributed by atoms with van der Waals surface area (Å²) >= 11 is 0. The first-order valence-corrected chi connectivity index (χ1v) is 13.7.